The van der Waals surface area contributed by atoms with Gasteiger partial charge in [-0.3, -0.25) is 9.59 Å². The number of primary amides is 1. The van der Waals surface area contributed by atoms with Gasteiger partial charge in [0.05, 0.1) is 23.7 Å². The maximum atomic E-state index is 11.7. The van der Waals surface area contributed by atoms with Crippen LogP contribution in [0.15, 0.2) is 6.20 Å². The fourth-order valence-electron chi connectivity index (χ4n) is 2.06. The van der Waals surface area contributed by atoms with Crippen molar-refractivity contribution in [1.82, 2.24) is 15.3 Å². The normalized spacial score (nSPS) is 17.7. The molecule has 6 nitrogen and oxygen atoms in total. The minimum Gasteiger partial charge on any atom is -0.369 e. The molecule has 2 heterocycles. The zero-order chi connectivity index (χ0) is 13.3. The van der Waals surface area contributed by atoms with Gasteiger partial charge in [0.2, 0.25) is 5.91 Å². The lowest BCUT2D eigenvalue weighted by Crippen LogP contribution is -2.20. The van der Waals surface area contributed by atoms with Crippen molar-refractivity contribution in [3.05, 3.63) is 23.3 Å². The van der Waals surface area contributed by atoms with Crippen molar-refractivity contribution in [2.75, 3.05) is 0 Å². The average molecular weight is 248 g/mol. The van der Waals surface area contributed by atoms with Gasteiger partial charge in [-0.15, -0.1) is 0 Å². The number of rotatable bonds is 4. The fraction of sp³-hybridized carbons (Fsp3) is 0.500. The molecule has 0 saturated carbocycles. The molecule has 2 amide bonds. The molecule has 0 bridgehead atoms. The number of amides is 2. The molecule has 2 rings (SSSR count). The zero-order valence-corrected chi connectivity index (χ0v) is 10.4. The van der Waals surface area contributed by atoms with E-state index in [1.807, 2.05) is 0 Å². The third-order valence-electron chi connectivity index (χ3n) is 2.79. The van der Waals surface area contributed by atoms with Crippen LogP contribution in [-0.2, 0) is 11.2 Å². The first-order chi connectivity index (χ1) is 8.47. The predicted molar refractivity (Wildman–Crippen MR) is 64.6 cm³/mol. The summed E-state index contributed by atoms with van der Waals surface area (Å²) < 4.78 is 0. The molecule has 0 fully saturated rings. The number of fused-ring (bicyclic) bond motifs is 1. The van der Waals surface area contributed by atoms with Crippen molar-refractivity contribution in [3.63, 3.8) is 0 Å². The monoisotopic (exact) mass is 248 g/mol. The molecule has 6 heteroatoms. The van der Waals surface area contributed by atoms with Crippen molar-refractivity contribution in [2.45, 2.75) is 32.7 Å². The molecule has 1 aromatic heterocycles. The van der Waals surface area contributed by atoms with E-state index in [0.717, 1.165) is 6.42 Å². The van der Waals surface area contributed by atoms with E-state index in [-0.39, 0.29) is 18.4 Å². The van der Waals surface area contributed by atoms with Crippen molar-refractivity contribution in [3.8, 4) is 0 Å². The Kier molecular flexibility index (Phi) is 3.27. The van der Waals surface area contributed by atoms with Gasteiger partial charge in [0, 0.05) is 6.20 Å². The molecule has 1 aliphatic heterocycles. The van der Waals surface area contributed by atoms with E-state index >= 15 is 0 Å². The number of nitrogens with zero attached hydrogens (tertiary/aromatic N) is 2. The van der Waals surface area contributed by atoms with Gasteiger partial charge in [-0.05, 0) is 12.3 Å². The first-order valence-electron chi connectivity index (χ1n) is 5.92. The van der Waals surface area contributed by atoms with Crippen LogP contribution < -0.4 is 11.1 Å². The fourth-order valence-corrected chi connectivity index (χ4v) is 2.06. The van der Waals surface area contributed by atoms with Crippen LogP contribution in [0.5, 0.6) is 0 Å². The third kappa shape index (κ3) is 2.47. The lowest BCUT2D eigenvalue weighted by atomic mass is 10.0. The highest BCUT2D eigenvalue weighted by Gasteiger charge is 2.31. The summed E-state index contributed by atoms with van der Waals surface area (Å²) in [6.07, 6.45) is 2.28. The minimum absolute atomic E-state index is 0.00410. The van der Waals surface area contributed by atoms with E-state index in [0.29, 0.717) is 23.0 Å². The van der Waals surface area contributed by atoms with Crippen LogP contribution in [0.2, 0.25) is 0 Å². The van der Waals surface area contributed by atoms with Crippen LogP contribution >= 0.6 is 0 Å². The van der Waals surface area contributed by atoms with E-state index in [1.165, 1.54) is 6.20 Å². The van der Waals surface area contributed by atoms with Gasteiger partial charge in [-0.1, -0.05) is 13.8 Å². The second-order valence-electron chi connectivity index (χ2n) is 4.88. The molecule has 3 N–H and O–H groups in total. The molecular weight excluding hydrogens is 232 g/mol. The van der Waals surface area contributed by atoms with Crippen molar-refractivity contribution in [1.29, 1.82) is 0 Å². The lowest BCUT2D eigenvalue weighted by molar-refractivity contribution is -0.117. The highest BCUT2D eigenvalue weighted by atomic mass is 16.2. The van der Waals surface area contributed by atoms with Gasteiger partial charge in [-0.2, -0.15) is 0 Å². The summed E-state index contributed by atoms with van der Waals surface area (Å²) in [7, 11) is 0. The molecule has 1 unspecified atom stereocenters. The third-order valence-corrected chi connectivity index (χ3v) is 2.79. The Hall–Kier alpha value is -1.98. The lowest BCUT2D eigenvalue weighted by Gasteiger charge is -2.13. The number of hydrogen-bond acceptors (Lipinski definition) is 4. The maximum absolute atomic E-state index is 11.7. The van der Waals surface area contributed by atoms with Crippen LogP contribution in [0.3, 0.4) is 0 Å². The van der Waals surface area contributed by atoms with Crippen molar-refractivity contribution < 1.29 is 9.59 Å². The Balaban J connectivity index is 2.31. The zero-order valence-electron chi connectivity index (χ0n) is 10.4. The summed E-state index contributed by atoms with van der Waals surface area (Å²) in [5.74, 6) is 0.177. The topological polar surface area (TPSA) is 98.0 Å². The maximum Gasteiger partial charge on any atom is 0.255 e. The smallest absolute Gasteiger partial charge is 0.255 e. The van der Waals surface area contributed by atoms with Gasteiger partial charge in [0.1, 0.15) is 5.82 Å². The number of nitrogens with one attached hydrogen (secondary N) is 1. The summed E-state index contributed by atoms with van der Waals surface area (Å²) in [5, 5.41) is 2.87. The van der Waals surface area contributed by atoms with E-state index in [1.54, 1.807) is 0 Å². The highest BCUT2D eigenvalue weighted by molar-refractivity contribution is 5.98. The SMILES string of the molecule is CC(C)CC1NC(=O)c2cnc(CC(N)=O)nc21. The Morgan fingerprint density at radius 1 is 1.56 bits per heavy atom. The van der Waals surface area contributed by atoms with Crippen LogP contribution in [-0.4, -0.2) is 21.8 Å². The number of carbonyl (C=O) groups is 2. The number of carbonyl (C=O) groups excluding carboxylic acids is 2. The van der Waals surface area contributed by atoms with Crippen LogP contribution in [0, 0.1) is 5.92 Å². The van der Waals surface area contributed by atoms with Gasteiger partial charge >= 0.3 is 0 Å². The molecule has 18 heavy (non-hydrogen) atoms. The molecule has 0 radical (unpaired) electrons. The van der Waals surface area contributed by atoms with E-state index < -0.39 is 5.91 Å². The number of nitrogens with two attached hydrogens (primary N) is 1. The quantitative estimate of drug-likeness (QED) is 0.802. The molecule has 0 saturated heterocycles. The van der Waals surface area contributed by atoms with E-state index in [9.17, 15) is 9.59 Å². The second-order valence-corrected chi connectivity index (χ2v) is 4.88. The summed E-state index contributed by atoms with van der Waals surface area (Å²) in [6, 6.07) is -0.0953. The molecule has 0 aliphatic carbocycles. The number of hydrogen-bond donors (Lipinski definition) is 2. The molecule has 0 aromatic carbocycles. The largest absolute Gasteiger partial charge is 0.369 e. The van der Waals surface area contributed by atoms with E-state index in [4.69, 9.17) is 5.73 Å². The van der Waals surface area contributed by atoms with E-state index in [2.05, 4.69) is 29.1 Å². The van der Waals surface area contributed by atoms with Gasteiger partial charge in [0.15, 0.2) is 0 Å². The molecule has 1 aromatic rings. The van der Waals surface area contributed by atoms with Crippen LogP contribution in [0.4, 0.5) is 0 Å². The van der Waals surface area contributed by atoms with Crippen LogP contribution in [0.25, 0.3) is 0 Å². The molecule has 1 aliphatic rings. The molecular formula is C12H16N4O2. The molecule has 0 spiro atoms. The highest BCUT2D eigenvalue weighted by Crippen LogP contribution is 2.28. The van der Waals surface area contributed by atoms with Gasteiger partial charge < -0.3 is 11.1 Å². The van der Waals surface area contributed by atoms with Crippen LogP contribution in [0.1, 0.15) is 48.2 Å². The van der Waals surface area contributed by atoms with Gasteiger partial charge in [0.25, 0.3) is 5.91 Å². The first-order valence-corrected chi connectivity index (χ1v) is 5.92. The minimum atomic E-state index is -0.479. The summed E-state index contributed by atoms with van der Waals surface area (Å²) in [5.41, 5.74) is 6.29. The Labute approximate surface area is 105 Å². The average Bonchev–Trinajstić information content (AvgIpc) is 2.54. The molecule has 96 valence electrons. The Morgan fingerprint density at radius 3 is 2.89 bits per heavy atom. The summed E-state index contributed by atoms with van der Waals surface area (Å²) in [6.45, 7) is 4.16. The summed E-state index contributed by atoms with van der Waals surface area (Å²) >= 11 is 0. The standard InChI is InChI=1S/C12H16N4O2/c1-6(2)3-8-11-7(12(18)15-8)5-14-10(16-11)4-9(13)17/h5-6,8H,3-4H2,1-2H3,(H2,13,17)(H,15,18). The second kappa shape index (κ2) is 4.72. The Morgan fingerprint density at radius 2 is 2.28 bits per heavy atom. The van der Waals surface area contributed by atoms with Crippen molar-refractivity contribution in [2.24, 2.45) is 11.7 Å². The number of aromatic nitrogens is 2. The van der Waals surface area contributed by atoms with Crippen molar-refractivity contribution >= 4 is 11.8 Å². The van der Waals surface area contributed by atoms with Gasteiger partial charge in [-0.25, -0.2) is 9.97 Å². The summed E-state index contributed by atoms with van der Waals surface area (Å²) in [4.78, 5) is 30.8. The first kappa shape index (κ1) is 12.5. The Bertz CT molecular complexity index is 499. The molecule has 1 atom stereocenters. The predicted octanol–water partition coefficient (Wildman–Crippen LogP) is 0.335.